The molecule has 1 N–H and O–H groups in total. The molecule has 0 aromatic rings. The molecule has 7 nitrogen and oxygen atoms in total. The smallest absolute Gasteiger partial charge is 0.322 e. The Morgan fingerprint density at radius 1 is 1.12 bits per heavy atom. The topological polar surface area (TPSA) is 90.9 Å². The SMILES string of the molecule is CCOC(=O)C(C(=O)OCC)[C@H]1NC(=O)[C@@H]1[C@@H](C)O[Si](C)(C)C(C)(C)C. The van der Waals surface area contributed by atoms with E-state index in [4.69, 9.17) is 13.9 Å². The van der Waals surface area contributed by atoms with Gasteiger partial charge in [0, 0.05) is 0 Å². The number of amides is 1. The third-order valence-corrected chi connectivity index (χ3v) is 9.80. The summed E-state index contributed by atoms with van der Waals surface area (Å²) in [5.41, 5.74) is 0. The van der Waals surface area contributed by atoms with E-state index >= 15 is 0 Å². The number of hydrogen-bond donors (Lipinski definition) is 1. The molecule has 0 aromatic heterocycles. The van der Waals surface area contributed by atoms with Crippen molar-refractivity contribution in [1.29, 1.82) is 0 Å². The first-order valence-electron chi connectivity index (χ1n) is 9.18. The number of esters is 2. The fraction of sp³-hybridized carbons (Fsp3) is 0.833. The van der Waals surface area contributed by atoms with Crippen LogP contribution in [0.2, 0.25) is 18.1 Å². The van der Waals surface area contributed by atoms with Crippen molar-refractivity contribution in [2.45, 2.75) is 71.8 Å². The number of rotatable bonds is 8. The maximum absolute atomic E-state index is 12.3. The van der Waals surface area contributed by atoms with E-state index in [0.29, 0.717) is 0 Å². The van der Waals surface area contributed by atoms with Crippen LogP contribution in [0.4, 0.5) is 0 Å². The summed E-state index contributed by atoms with van der Waals surface area (Å²) in [7, 11) is -2.10. The van der Waals surface area contributed by atoms with Gasteiger partial charge in [-0.05, 0) is 38.9 Å². The summed E-state index contributed by atoms with van der Waals surface area (Å²) >= 11 is 0. The molecule has 1 aliphatic rings. The summed E-state index contributed by atoms with van der Waals surface area (Å²) in [5.74, 6) is -3.35. The van der Waals surface area contributed by atoms with Crippen molar-refractivity contribution in [3.8, 4) is 0 Å². The van der Waals surface area contributed by atoms with Crippen molar-refractivity contribution in [2.75, 3.05) is 13.2 Å². The molecule has 0 bridgehead atoms. The van der Waals surface area contributed by atoms with Crippen LogP contribution in [0.5, 0.6) is 0 Å². The van der Waals surface area contributed by atoms with Crippen LogP contribution in [0.3, 0.4) is 0 Å². The monoisotopic (exact) mass is 387 g/mol. The molecule has 0 aliphatic carbocycles. The van der Waals surface area contributed by atoms with Crippen LogP contribution < -0.4 is 5.32 Å². The summed E-state index contributed by atoms with van der Waals surface area (Å²) in [5, 5.41) is 2.66. The molecule has 0 saturated carbocycles. The number of ether oxygens (including phenoxy) is 2. The van der Waals surface area contributed by atoms with Crippen molar-refractivity contribution < 1.29 is 28.3 Å². The molecule has 0 unspecified atom stereocenters. The van der Waals surface area contributed by atoms with Gasteiger partial charge in [-0.15, -0.1) is 0 Å². The van der Waals surface area contributed by atoms with Crippen LogP contribution >= 0.6 is 0 Å². The minimum absolute atomic E-state index is 0.0152. The first-order chi connectivity index (χ1) is 11.9. The highest BCUT2D eigenvalue weighted by molar-refractivity contribution is 6.74. The molecule has 1 saturated heterocycles. The van der Waals surface area contributed by atoms with Crippen molar-refractivity contribution >= 4 is 26.2 Å². The number of β-lactam (4-membered cyclic amide) rings is 1. The molecular weight excluding hydrogens is 354 g/mol. The Balaban J connectivity index is 3.01. The average molecular weight is 388 g/mol. The van der Waals surface area contributed by atoms with E-state index in [2.05, 4.69) is 39.2 Å². The lowest BCUT2D eigenvalue weighted by molar-refractivity contribution is -0.168. The van der Waals surface area contributed by atoms with Crippen LogP contribution in [-0.2, 0) is 28.3 Å². The van der Waals surface area contributed by atoms with Crippen LogP contribution in [-0.4, -0.2) is 51.5 Å². The molecule has 1 fully saturated rings. The summed E-state index contributed by atoms with van der Waals surface area (Å²) in [6.07, 6.45) is -0.416. The van der Waals surface area contributed by atoms with Crippen LogP contribution in [0.25, 0.3) is 0 Å². The quantitative estimate of drug-likeness (QED) is 0.297. The van der Waals surface area contributed by atoms with E-state index in [0.717, 1.165) is 0 Å². The van der Waals surface area contributed by atoms with E-state index in [1.165, 1.54) is 0 Å². The number of carbonyl (C=O) groups excluding carboxylic acids is 3. The first kappa shape index (κ1) is 22.6. The Labute approximate surface area is 157 Å². The third-order valence-electron chi connectivity index (χ3n) is 5.23. The second kappa shape index (κ2) is 8.52. The molecule has 3 atom stereocenters. The highest BCUT2D eigenvalue weighted by Gasteiger charge is 2.54. The molecule has 0 spiro atoms. The summed E-state index contributed by atoms with van der Waals surface area (Å²) in [6.45, 7) is 16.0. The Kier molecular flexibility index (Phi) is 7.41. The van der Waals surface area contributed by atoms with Crippen LogP contribution in [0, 0.1) is 11.8 Å². The Morgan fingerprint density at radius 3 is 1.92 bits per heavy atom. The lowest BCUT2D eigenvalue weighted by atomic mass is 9.78. The Bertz CT molecular complexity index is 524. The standard InChI is InChI=1S/C18H33NO6Si/c1-9-23-16(21)13(17(22)24-10-2)14-12(15(20)19-14)11(3)25-26(7,8)18(4,5)6/h11-14H,9-10H2,1-8H3,(H,19,20)/t11-,12-,14+/m1/s1. The number of carbonyl (C=O) groups is 3. The molecule has 1 heterocycles. The minimum atomic E-state index is -2.10. The van der Waals surface area contributed by atoms with Gasteiger partial charge in [0.15, 0.2) is 14.2 Å². The van der Waals surface area contributed by atoms with E-state index in [1.54, 1.807) is 13.8 Å². The molecular formula is C18H33NO6Si. The van der Waals surface area contributed by atoms with Crippen LogP contribution in [0.15, 0.2) is 0 Å². The van der Waals surface area contributed by atoms with Gasteiger partial charge in [-0.1, -0.05) is 20.8 Å². The van der Waals surface area contributed by atoms with Gasteiger partial charge in [0.2, 0.25) is 5.91 Å². The lowest BCUT2D eigenvalue weighted by Gasteiger charge is -2.46. The molecule has 26 heavy (non-hydrogen) atoms. The molecule has 0 radical (unpaired) electrons. The zero-order chi connectivity index (χ0) is 20.3. The van der Waals surface area contributed by atoms with E-state index in [9.17, 15) is 14.4 Å². The highest BCUT2D eigenvalue weighted by atomic mass is 28.4. The largest absolute Gasteiger partial charge is 0.465 e. The second-order valence-electron chi connectivity index (χ2n) is 8.13. The summed E-state index contributed by atoms with van der Waals surface area (Å²) < 4.78 is 16.4. The summed E-state index contributed by atoms with van der Waals surface area (Å²) in [6, 6.07) is -0.680. The maximum Gasteiger partial charge on any atom is 0.322 e. The van der Waals surface area contributed by atoms with Crippen molar-refractivity contribution in [1.82, 2.24) is 5.32 Å². The van der Waals surface area contributed by atoms with Gasteiger partial charge in [-0.25, -0.2) is 0 Å². The van der Waals surface area contributed by atoms with E-state index in [1.807, 2.05) is 6.92 Å². The molecule has 8 heteroatoms. The summed E-state index contributed by atoms with van der Waals surface area (Å²) in [4.78, 5) is 36.8. The predicted octanol–water partition coefficient (Wildman–Crippen LogP) is 2.25. The zero-order valence-corrected chi connectivity index (χ0v) is 18.2. The van der Waals surface area contributed by atoms with E-state index < -0.39 is 44.2 Å². The molecule has 1 rings (SSSR count). The third kappa shape index (κ3) is 4.85. The normalized spacial score (nSPS) is 21.7. The number of hydrogen-bond acceptors (Lipinski definition) is 6. The fourth-order valence-corrected chi connectivity index (χ4v) is 4.21. The first-order valence-corrected chi connectivity index (χ1v) is 12.1. The molecule has 1 amide bonds. The molecule has 150 valence electrons. The van der Waals surface area contributed by atoms with Gasteiger partial charge in [-0.2, -0.15) is 0 Å². The van der Waals surface area contributed by atoms with Crippen molar-refractivity contribution in [3.63, 3.8) is 0 Å². The van der Waals surface area contributed by atoms with Crippen molar-refractivity contribution in [3.05, 3.63) is 0 Å². The Morgan fingerprint density at radius 2 is 1.58 bits per heavy atom. The maximum atomic E-state index is 12.3. The minimum Gasteiger partial charge on any atom is -0.465 e. The highest BCUT2D eigenvalue weighted by Crippen LogP contribution is 2.39. The van der Waals surface area contributed by atoms with E-state index in [-0.39, 0.29) is 24.2 Å². The van der Waals surface area contributed by atoms with Gasteiger partial charge in [0.1, 0.15) is 0 Å². The fourth-order valence-electron chi connectivity index (χ4n) is 2.78. The van der Waals surface area contributed by atoms with Crippen LogP contribution in [0.1, 0.15) is 41.5 Å². The number of nitrogens with one attached hydrogen (secondary N) is 1. The molecule has 0 aromatic carbocycles. The Hall–Kier alpha value is -1.41. The second-order valence-corrected chi connectivity index (χ2v) is 12.9. The van der Waals surface area contributed by atoms with Gasteiger partial charge in [-0.3, -0.25) is 14.4 Å². The van der Waals surface area contributed by atoms with Gasteiger partial charge >= 0.3 is 11.9 Å². The van der Waals surface area contributed by atoms with Gasteiger partial charge in [0.25, 0.3) is 0 Å². The van der Waals surface area contributed by atoms with Gasteiger partial charge in [0.05, 0.1) is 31.3 Å². The average Bonchev–Trinajstić information content (AvgIpc) is 2.45. The predicted molar refractivity (Wildman–Crippen MR) is 99.9 cm³/mol. The van der Waals surface area contributed by atoms with Gasteiger partial charge < -0.3 is 19.2 Å². The zero-order valence-electron chi connectivity index (χ0n) is 17.2. The lowest BCUT2D eigenvalue weighted by Crippen LogP contribution is -2.68. The van der Waals surface area contributed by atoms with Crippen molar-refractivity contribution in [2.24, 2.45) is 11.8 Å². The molecule has 1 aliphatic heterocycles.